The molecule has 0 N–H and O–H groups in total. The van der Waals surface area contributed by atoms with Crippen molar-refractivity contribution in [3.8, 4) is 11.3 Å². The fourth-order valence-electron chi connectivity index (χ4n) is 3.07. The van der Waals surface area contributed by atoms with Crippen molar-refractivity contribution in [3.05, 3.63) is 46.6 Å². The number of hydrogen-bond acceptors (Lipinski definition) is 3. The second-order valence-corrected chi connectivity index (χ2v) is 6.73. The monoisotopic (exact) mass is 314 g/mol. The maximum Gasteiger partial charge on any atom is 0.145 e. The highest BCUT2D eigenvalue weighted by molar-refractivity contribution is 7.19. The molecular weight excluding hydrogens is 300 g/mol. The Kier molecular flexibility index (Phi) is 3.40. The zero-order valence-electron chi connectivity index (χ0n) is 11.6. The maximum absolute atomic E-state index is 5.99. The third-order valence-corrected chi connectivity index (χ3v) is 5.45. The Labute approximate surface area is 132 Å². The first-order chi connectivity index (χ1) is 10.4. The van der Waals surface area contributed by atoms with Gasteiger partial charge in [0.25, 0.3) is 0 Å². The second kappa shape index (κ2) is 5.39. The van der Waals surface area contributed by atoms with E-state index in [1.54, 1.807) is 0 Å². The molecule has 0 saturated heterocycles. The molecule has 0 radical (unpaired) electrons. The average Bonchev–Trinajstić information content (AvgIpc) is 2.93. The molecule has 4 rings (SSSR count). The van der Waals surface area contributed by atoms with E-state index < -0.39 is 0 Å². The third-order valence-electron chi connectivity index (χ3n) is 4.03. The number of aryl methyl sites for hydroxylation is 2. The van der Waals surface area contributed by atoms with Crippen LogP contribution in [0.1, 0.15) is 29.1 Å². The van der Waals surface area contributed by atoms with E-state index in [2.05, 4.69) is 29.2 Å². The Morgan fingerprint density at radius 1 is 1.05 bits per heavy atom. The van der Waals surface area contributed by atoms with Gasteiger partial charge in [0.2, 0.25) is 0 Å². The van der Waals surface area contributed by atoms with Crippen molar-refractivity contribution in [1.82, 2.24) is 9.97 Å². The number of thiophene rings is 1. The van der Waals surface area contributed by atoms with Crippen LogP contribution in [0.25, 0.3) is 21.5 Å². The van der Waals surface area contributed by atoms with E-state index in [9.17, 15) is 0 Å². The van der Waals surface area contributed by atoms with Gasteiger partial charge in [0, 0.05) is 15.8 Å². The summed E-state index contributed by atoms with van der Waals surface area (Å²) in [5.74, 6) is 1.08. The van der Waals surface area contributed by atoms with E-state index in [-0.39, 0.29) is 0 Å². The summed E-state index contributed by atoms with van der Waals surface area (Å²) in [5, 5.41) is 1.26. The minimum Gasteiger partial charge on any atom is -0.231 e. The fourth-order valence-corrected chi connectivity index (χ4v) is 4.47. The Hall–Kier alpha value is -1.45. The van der Waals surface area contributed by atoms with E-state index in [1.165, 1.54) is 35.1 Å². The van der Waals surface area contributed by atoms with Crippen molar-refractivity contribution in [2.24, 2.45) is 0 Å². The standard InChI is InChI=1S/C17H15ClN2S/c18-10-14-19-16(11-6-2-1-3-7-11)15-12-8-4-5-9-13(12)21-17(15)20-14/h1-3,6-7H,4-5,8-10H2. The predicted molar refractivity (Wildman–Crippen MR) is 89.1 cm³/mol. The molecule has 1 aliphatic carbocycles. The molecule has 2 nitrogen and oxygen atoms in total. The SMILES string of the molecule is ClCc1nc(-c2ccccc2)c2c3c(sc2n1)CCCC3. The van der Waals surface area contributed by atoms with Gasteiger partial charge in [0.1, 0.15) is 10.7 Å². The van der Waals surface area contributed by atoms with Gasteiger partial charge in [-0.2, -0.15) is 0 Å². The zero-order valence-corrected chi connectivity index (χ0v) is 13.2. The minimum atomic E-state index is 0.359. The van der Waals surface area contributed by atoms with Gasteiger partial charge in [0.05, 0.1) is 11.6 Å². The van der Waals surface area contributed by atoms with Gasteiger partial charge >= 0.3 is 0 Å². The van der Waals surface area contributed by atoms with Crippen molar-refractivity contribution < 1.29 is 0 Å². The molecule has 4 heteroatoms. The fraction of sp³-hybridized carbons (Fsp3) is 0.294. The molecule has 0 bridgehead atoms. The number of nitrogens with zero attached hydrogens (tertiary/aromatic N) is 2. The number of fused-ring (bicyclic) bond motifs is 3. The van der Waals surface area contributed by atoms with Crippen LogP contribution in [0.15, 0.2) is 30.3 Å². The zero-order chi connectivity index (χ0) is 14.2. The molecule has 0 atom stereocenters. The van der Waals surface area contributed by atoms with Gasteiger partial charge in [-0.25, -0.2) is 9.97 Å². The van der Waals surface area contributed by atoms with Crippen LogP contribution in [0.4, 0.5) is 0 Å². The Morgan fingerprint density at radius 2 is 1.86 bits per heavy atom. The summed E-state index contributed by atoms with van der Waals surface area (Å²) in [5.41, 5.74) is 3.68. The molecule has 2 heterocycles. The first kappa shape index (κ1) is 13.2. The van der Waals surface area contributed by atoms with Crippen LogP contribution in [0.5, 0.6) is 0 Å². The summed E-state index contributed by atoms with van der Waals surface area (Å²) >= 11 is 7.82. The summed E-state index contributed by atoms with van der Waals surface area (Å²) in [7, 11) is 0. The topological polar surface area (TPSA) is 25.8 Å². The lowest BCUT2D eigenvalue weighted by molar-refractivity contribution is 0.700. The van der Waals surface area contributed by atoms with E-state index in [1.807, 2.05) is 17.4 Å². The largest absolute Gasteiger partial charge is 0.231 e. The van der Waals surface area contributed by atoms with Gasteiger partial charge in [-0.05, 0) is 31.2 Å². The van der Waals surface area contributed by atoms with Crippen LogP contribution < -0.4 is 0 Å². The summed E-state index contributed by atoms with van der Waals surface area (Å²) in [4.78, 5) is 12.0. The first-order valence-corrected chi connectivity index (χ1v) is 8.64. The van der Waals surface area contributed by atoms with Crippen LogP contribution in [0, 0.1) is 0 Å². The van der Waals surface area contributed by atoms with Crippen LogP contribution in [0.3, 0.4) is 0 Å². The van der Waals surface area contributed by atoms with Crippen LogP contribution in [0.2, 0.25) is 0 Å². The van der Waals surface area contributed by atoms with Crippen LogP contribution >= 0.6 is 22.9 Å². The Balaban J connectivity index is 2.05. The van der Waals surface area contributed by atoms with Crippen LogP contribution in [-0.2, 0) is 18.7 Å². The number of halogens is 1. The number of alkyl halides is 1. The number of aromatic nitrogens is 2. The van der Waals surface area contributed by atoms with E-state index >= 15 is 0 Å². The molecule has 3 aromatic rings. The highest BCUT2D eigenvalue weighted by Crippen LogP contribution is 2.39. The molecule has 0 fully saturated rings. The quantitative estimate of drug-likeness (QED) is 0.624. The van der Waals surface area contributed by atoms with Crippen molar-refractivity contribution >= 4 is 33.2 Å². The summed E-state index contributed by atoms with van der Waals surface area (Å²) in [6.45, 7) is 0. The van der Waals surface area contributed by atoms with Gasteiger partial charge in [0.15, 0.2) is 0 Å². The predicted octanol–water partition coefficient (Wildman–Crippen LogP) is 4.98. The molecule has 0 amide bonds. The molecule has 21 heavy (non-hydrogen) atoms. The second-order valence-electron chi connectivity index (χ2n) is 5.38. The maximum atomic E-state index is 5.99. The number of rotatable bonds is 2. The lowest BCUT2D eigenvalue weighted by atomic mass is 9.95. The number of hydrogen-bond donors (Lipinski definition) is 0. The molecule has 0 aliphatic heterocycles. The van der Waals surface area contributed by atoms with Crippen molar-refractivity contribution in [2.45, 2.75) is 31.6 Å². The molecule has 1 aliphatic rings. The molecule has 0 spiro atoms. The lowest BCUT2D eigenvalue weighted by Crippen LogP contribution is -2.00. The van der Waals surface area contributed by atoms with Gasteiger partial charge in [-0.3, -0.25) is 0 Å². The van der Waals surface area contributed by atoms with Gasteiger partial charge in [-0.15, -0.1) is 22.9 Å². The van der Waals surface area contributed by atoms with Crippen molar-refractivity contribution in [2.75, 3.05) is 0 Å². The molecule has 1 aromatic carbocycles. The minimum absolute atomic E-state index is 0.359. The van der Waals surface area contributed by atoms with Gasteiger partial charge in [-0.1, -0.05) is 30.3 Å². The normalized spacial score (nSPS) is 14.3. The molecule has 0 saturated carbocycles. The average molecular weight is 315 g/mol. The van der Waals surface area contributed by atoms with E-state index in [0.717, 1.165) is 28.3 Å². The molecule has 106 valence electrons. The first-order valence-electron chi connectivity index (χ1n) is 7.29. The third kappa shape index (κ3) is 2.25. The summed E-state index contributed by atoms with van der Waals surface area (Å²) < 4.78 is 0. The molecule has 2 aromatic heterocycles. The lowest BCUT2D eigenvalue weighted by Gasteiger charge is -2.12. The highest BCUT2D eigenvalue weighted by Gasteiger charge is 2.21. The van der Waals surface area contributed by atoms with E-state index in [4.69, 9.17) is 16.6 Å². The Bertz CT molecular complexity index is 795. The molecule has 0 unspecified atom stereocenters. The Morgan fingerprint density at radius 3 is 2.67 bits per heavy atom. The van der Waals surface area contributed by atoms with E-state index in [0.29, 0.717) is 5.88 Å². The molecular formula is C17H15ClN2S. The highest BCUT2D eigenvalue weighted by atomic mass is 35.5. The van der Waals surface area contributed by atoms with Crippen LogP contribution in [-0.4, -0.2) is 9.97 Å². The summed E-state index contributed by atoms with van der Waals surface area (Å²) in [6, 6.07) is 10.4. The number of benzene rings is 1. The van der Waals surface area contributed by atoms with Crippen molar-refractivity contribution in [1.29, 1.82) is 0 Å². The smallest absolute Gasteiger partial charge is 0.145 e. The summed E-state index contributed by atoms with van der Waals surface area (Å²) in [6.07, 6.45) is 4.89. The van der Waals surface area contributed by atoms with Crippen molar-refractivity contribution in [3.63, 3.8) is 0 Å². The van der Waals surface area contributed by atoms with Gasteiger partial charge < -0.3 is 0 Å².